The number of carbonyl (C=O) groups is 1. The Labute approximate surface area is 477 Å². The van der Waals surface area contributed by atoms with Crippen molar-refractivity contribution in [3.05, 3.63) is 172 Å². The lowest BCUT2D eigenvalue weighted by Gasteiger charge is -2.15. The van der Waals surface area contributed by atoms with E-state index in [0.717, 1.165) is 44.2 Å². The summed E-state index contributed by atoms with van der Waals surface area (Å²) in [5.41, 5.74) is 10.4. The average molecular weight is 1110 g/mol. The first-order chi connectivity index (χ1) is 40.1. The Bertz CT molecular complexity index is 4120. The molecule has 11 N–H and O–H groups in total. The minimum atomic E-state index is -0.359. The predicted octanol–water partition coefficient (Wildman–Crippen LogP) is 13.5. The molecule has 0 aliphatic rings. The highest BCUT2D eigenvalue weighted by molar-refractivity contribution is 6.06. The molecule has 22 heteroatoms. The molecule has 1 amide bonds. The van der Waals surface area contributed by atoms with Crippen LogP contribution in [0.4, 0.5) is 86.9 Å². The van der Waals surface area contributed by atoms with Gasteiger partial charge in [0.25, 0.3) is 5.91 Å². The molecular formula is C61H59N17O5. The van der Waals surface area contributed by atoms with Gasteiger partial charge in [0.2, 0.25) is 35.7 Å². The smallest absolute Gasteiger partial charge is 0.255 e. The Hall–Kier alpha value is -10.7. The number of nitrogens with one attached hydrogen (secondary N) is 7. The second kappa shape index (κ2) is 24.8. The largest absolute Gasteiger partial charge is 0.505 e. The average Bonchev–Trinajstić information content (AvgIpc) is 3.33. The molecule has 0 fully saturated rings. The van der Waals surface area contributed by atoms with Gasteiger partial charge in [0.15, 0.2) is 11.5 Å². The Kier molecular flexibility index (Phi) is 16.6. The van der Waals surface area contributed by atoms with E-state index in [1.165, 1.54) is 0 Å². The number of amides is 1. The number of aromatic nitrogens is 6. The van der Waals surface area contributed by atoms with E-state index in [4.69, 9.17) is 0 Å². The van der Waals surface area contributed by atoms with Crippen molar-refractivity contribution in [2.75, 3.05) is 63.5 Å². The van der Waals surface area contributed by atoms with Crippen LogP contribution in [-0.4, -0.2) is 82.5 Å². The minimum Gasteiger partial charge on any atom is -0.505 e. The fourth-order valence-electron chi connectivity index (χ4n) is 9.16. The van der Waals surface area contributed by atoms with Crippen LogP contribution in [0.3, 0.4) is 0 Å². The molecule has 83 heavy (non-hydrogen) atoms. The standard InChI is InChI=1S/C61H59N17O5/c1-33-9-7-11-45(27-33)75-77-51-37(5)31-40-25-35(3)29-47(49(40)53(51)81)67-60-71-56(62-21-23-79)69-58(73-60)65-43-15-13-39(14-16-43)55(83)64-42-17-19-44(20-18-42)66-59-70-57(63-22-24-80)72-61(74-59)68-48-30-36(4)26-41-32-38(6)52(54(82)50(41)48)78-76-46-12-8-10-34(2)28-46/h7-20,25-32,79-82H,21-24H2,1-6H3,(H,64,83)(H3,62,65,67,69,71,73)(H3,63,66,68,70,72,74). The number of fused-ring (bicyclic) bond motifs is 2. The van der Waals surface area contributed by atoms with E-state index in [1.807, 2.05) is 126 Å². The van der Waals surface area contributed by atoms with Crippen LogP contribution in [0.5, 0.6) is 11.5 Å². The summed E-state index contributed by atoms with van der Waals surface area (Å²) in [6.07, 6.45) is 0. The molecule has 0 radical (unpaired) electrons. The third kappa shape index (κ3) is 13.5. The first-order valence-corrected chi connectivity index (χ1v) is 26.5. The lowest BCUT2D eigenvalue weighted by Crippen LogP contribution is -2.13. The summed E-state index contributed by atoms with van der Waals surface area (Å²) in [5, 5.41) is 84.8. The zero-order valence-electron chi connectivity index (χ0n) is 46.2. The van der Waals surface area contributed by atoms with Crippen molar-refractivity contribution in [3.63, 3.8) is 0 Å². The number of phenolic OH excluding ortho intramolecular Hbond substituents is 2. The minimum absolute atomic E-state index is 0.0604. The number of aliphatic hydroxyl groups is 2. The van der Waals surface area contributed by atoms with Crippen LogP contribution in [0.25, 0.3) is 21.5 Å². The molecule has 0 bridgehead atoms. The number of azo groups is 2. The van der Waals surface area contributed by atoms with E-state index >= 15 is 0 Å². The number of aryl methyl sites for hydroxylation is 6. The second-order valence-electron chi connectivity index (χ2n) is 19.7. The maximum Gasteiger partial charge on any atom is 0.255 e. The molecule has 10 rings (SSSR count). The molecule has 0 spiro atoms. The highest BCUT2D eigenvalue weighted by Gasteiger charge is 2.20. The summed E-state index contributed by atoms with van der Waals surface area (Å²) in [7, 11) is 0. The third-order valence-corrected chi connectivity index (χ3v) is 12.9. The number of carbonyl (C=O) groups excluding carboxylic acids is 1. The number of benzene rings is 8. The number of aromatic hydroxyl groups is 2. The van der Waals surface area contributed by atoms with Gasteiger partial charge in [0, 0.05) is 46.5 Å². The summed E-state index contributed by atoms with van der Waals surface area (Å²) < 4.78 is 0. The van der Waals surface area contributed by atoms with Crippen molar-refractivity contribution >= 4 is 114 Å². The molecule has 22 nitrogen and oxygen atoms in total. The van der Waals surface area contributed by atoms with Gasteiger partial charge in [-0.3, -0.25) is 4.79 Å². The van der Waals surface area contributed by atoms with Gasteiger partial charge >= 0.3 is 0 Å². The Morgan fingerprint density at radius 2 is 0.831 bits per heavy atom. The van der Waals surface area contributed by atoms with E-state index < -0.39 is 0 Å². The van der Waals surface area contributed by atoms with Crippen LogP contribution in [0.2, 0.25) is 0 Å². The molecule has 0 atom stereocenters. The number of hydrogen-bond acceptors (Lipinski definition) is 21. The van der Waals surface area contributed by atoms with Gasteiger partial charge in [-0.1, -0.05) is 36.4 Å². The molecule has 418 valence electrons. The molecule has 0 saturated heterocycles. The fraction of sp³-hybridized carbons (Fsp3) is 0.164. The van der Waals surface area contributed by atoms with E-state index in [-0.39, 0.29) is 79.4 Å². The van der Waals surface area contributed by atoms with Gasteiger partial charge in [0.05, 0.1) is 36.0 Å². The van der Waals surface area contributed by atoms with Crippen molar-refractivity contribution < 1.29 is 25.2 Å². The summed E-state index contributed by atoms with van der Waals surface area (Å²) in [5.74, 6) is 0.488. The molecule has 2 heterocycles. The maximum absolute atomic E-state index is 13.6. The van der Waals surface area contributed by atoms with Gasteiger partial charge in [-0.05, 0) is 183 Å². The molecule has 0 aliphatic carbocycles. The van der Waals surface area contributed by atoms with Crippen molar-refractivity contribution in [1.29, 1.82) is 0 Å². The second-order valence-corrected chi connectivity index (χ2v) is 19.7. The Morgan fingerprint density at radius 1 is 0.434 bits per heavy atom. The van der Waals surface area contributed by atoms with Crippen LogP contribution in [0.15, 0.2) is 154 Å². The monoisotopic (exact) mass is 1110 g/mol. The molecule has 10 aromatic rings. The van der Waals surface area contributed by atoms with Gasteiger partial charge in [0.1, 0.15) is 11.4 Å². The van der Waals surface area contributed by atoms with Crippen LogP contribution in [0, 0.1) is 41.5 Å². The number of phenols is 2. The highest BCUT2D eigenvalue weighted by Crippen LogP contribution is 2.45. The first-order valence-electron chi connectivity index (χ1n) is 26.5. The van der Waals surface area contributed by atoms with Crippen LogP contribution >= 0.6 is 0 Å². The van der Waals surface area contributed by atoms with Gasteiger partial charge in [-0.25, -0.2) is 0 Å². The van der Waals surface area contributed by atoms with E-state index in [9.17, 15) is 25.2 Å². The Morgan fingerprint density at radius 3 is 1.25 bits per heavy atom. The van der Waals surface area contributed by atoms with Crippen molar-refractivity contribution in [2.24, 2.45) is 20.5 Å². The normalized spacial score (nSPS) is 11.4. The van der Waals surface area contributed by atoms with Crippen LogP contribution in [0.1, 0.15) is 43.7 Å². The summed E-state index contributed by atoms with van der Waals surface area (Å²) in [6.45, 7) is 11.6. The number of hydrogen-bond donors (Lipinski definition) is 11. The van der Waals surface area contributed by atoms with Crippen molar-refractivity contribution in [3.8, 4) is 11.5 Å². The van der Waals surface area contributed by atoms with E-state index in [2.05, 4.69) is 87.6 Å². The molecule has 2 aromatic heterocycles. The third-order valence-electron chi connectivity index (χ3n) is 12.9. The topological polar surface area (TPSA) is 309 Å². The quantitative estimate of drug-likeness (QED) is 0.0316. The Balaban J connectivity index is 0.825. The van der Waals surface area contributed by atoms with Crippen LogP contribution in [-0.2, 0) is 0 Å². The van der Waals surface area contributed by atoms with Gasteiger partial charge in [-0.15, -0.1) is 10.2 Å². The van der Waals surface area contributed by atoms with Gasteiger partial charge < -0.3 is 57.6 Å². The van der Waals surface area contributed by atoms with Crippen molar-refractivity contribution in [2.45, 2.75) is 41.5 Å². The number of anilines is 11. The predicted molar refractivity (Wildman–Crippen MR) is 326 cm³/mol. The lowest BCUT2D eigenvalue weighted by molar-refractivity contribution is 0.102. The summed E-state index contributed by atoms with van der Waals surface area (Å²) in [4.78, 5) is 41.0. The lowest BCUT2D eigenvalue weighted by atomic mass is 10.0. The maximum atomic E-state index is 13.6. The highest BCUT2D eigenvalue weighted by atomic mass is 16.3. The number of rotatable bonds is 20. The number of aliphatic hydroxyl groups excluding tert-OH is 2. The van der Waals surface area contributed by atoms with Crippen LogP contribution < -0.4 is 37.2 Å². The molecule has 0 unspecified atom stereocenters. The molecule has 0 saturated carbocycles. The fourth-order valence-corrected chi connectivity index (χ4v) is 9.16. The SMILES string of the molecule is Cc1cccc(N=Nc2c(C)cc3cc(C)cc(Nc4nc(NCCO)nc(Nc5ccc(NC(=O)c6ccc(Nc7nc(NCCO)nc(Nc8cc(C)cc9cc(C)c(N=Nc%10cccc(C)c%10)c(O)c89)n7)cc6)cc5)n4)c3c2O)c1. The molecule has 8 aromatic carbocycles. The molecule has 0 aliphatic heterocycles. The molecular weight excluding hydrogens is 1050 g/mol. The summed E-state index contributed by atoms with van der Waals surface area (Å²) >= 11 is 0. The number of nitrogens with zero attached hydrogens (tertiary/aromatic N) is 10. The van der Waals surface area contributed by atoms with E-state index in [0.29, 0.717) is 67.5 Å². The first kappa shape index (κ1) is 55.6. The van der Waals surface area contributed by atoms with E-state index in [1.54, 1.807) is 48.5 Å². The van der Waals surface area contributed by atoms with Crippen molar-refractivity contribution in [1.82, 2.24) is 29.9 Å². The summed E-state index contributed by atoms with van der Waals surface area (Å²) in [6, 6.07) is 40.5. The zero-order valence-corrected chi connectivity index (χ0v) is 46.2. The zero-order chi connectivity index (χ0) is 58.1. The van der Waals surface area contributed by atoms with Gasteiger partial charge in [-0.2, -0.15) is 40.1 Å².